The van der Waals surface area contributed by atoms with Crippen molar-refractivity contribution in [3.63, 3.8) is 0 Å². The minimum Gasteiger partial charge on any atom is -0.347 e. The summed E-state index contributed by atoms with van der Waals surface area (Å²) in [5.74, 6) is -0.122. The van der Waals surface area contributed by atoms with E-state index in [1.165, 1.54) is 0 Å². The van der Waals surface area contributed by atoms with E-state index in [4.69, 9.17) is 11.6 Å². The van der Waals surface area contributed by atoms with Gasteiger partial charge in [-0.1, -0.05) is 29.8 Å². The fourth-order valence-electron chi connectivity index (χ4n) is 2.15. The summed E-state index contributed by atoms with van der Waals surface area (Å²) >= 11 is 5.94. The SMILES string of the molecule is O=C(CNC(=O)c1ccccc1Cl)NCc1nnc2ccccn12. The highest BCUT2D eigenvalue weighted by Crippen LogP contribution is 2.14. The molecule has 2 amide bonds. The van der Waals surface area contributed by atoms with Crippen molar-refractivity contribution in [3.05, 3.63) is 65.1 Å². The van der Waals surface area contributed by atoms with Gasteiger partial charge in [-0.15, -0.1) is 10.2 Å². The van der Waals surface area contributed by atoms with Crippen molar-refractivity contribution >= 4 is 29.1 Å². The third kappa shape index (κ3) is 3.52. The number of nitrogens with zero attached hydrogens (tertiary/aromatic N) is 3. The molecule has 1 aromatic carbocycles. The molecule has 0 atom stereocenters. The zero-order chi connectivity index (χ0) is 16.9. The standard InChI is InChI=1S/C16H14ClN5O2/c17-12-6-2-1-5-11(12)16(24)19-10-15(23)18-9-14-21-20-13-7-3-4-8-22(13)14/h1-8H,9-10H2,(H,18,23)(H,19,24). The normalized spacial score (nSPS) is 10.5. The van der Waals surface area contributed by atoms with E-state index in [-0.39, 0.29) is 19.0 Å². The summed E-state index contributed by atoms with van der Waals surface area (Å²) in [6.45, 7) is 0.0623. The summed E-state index contributed by atoms with van der Waals surface area (Å²) in [5.41, 5.74) is 1.03. The molecule has 0 bridgehead atoms. The monoisotopic (exact) mass is 343 g/mol. The maximum atomic E-state index is 12.0. The second-order valence-corrected chi connectivity index (χ2v) is 5.39. The Bertz CT molecular complexity index is 893. The molecule has 3 aromatic rings. The first-order chi connectivity index (χ1) is 11.6. The number of benzene rings is 1. The van der Waals surface area contributed by atoms with Crippen LogP contribution in [-0.4, -0.2) is 33.0 Å². The van der Waals surface area contributed by atoms with Gasteiger partial charge in [-0.2, -0.15) is 0 Å². The molecule has 24 heavy (non-hydrogen) atoms. The van der Waals surface area contributed by atoms with E-state index >= 15 is 0 Å². The Labute approximate surface area is 142 Å². The van der Waals surface area contributed by atoms with Gasteiger partial charge in [0.2, 0.25) is 5.91 Å². The zero-order valence-electron chi connectivity index (χ0n) is 12.6. The molecular formula is C16H14ClN5O2. The Balaban J connectivity index is 1.53. The van der Waals surface area contributed by atoms with Gasteiger partial charge in [0.15, 0.2) is 11.5 Å². The van der Waals surface area contributed by atoms with Crippen LogP contribution in [0.4, 0.5) is 0 Å². The molecule has 0 radical (unpaired) electrons. The Morgan fingerprint density at radius 1 is 1.04 bits per heavy atom. The molecule has 0 aliphatic heterocycles. The summed E-state index contributed by atoms with van der Waals surface area (Å²) < 4.78 is 1.78. The van der Waals surface area contributed by atoms with Crippen LogP contribution in [-0.2, 0) is 11.3 Å². The van der Waals surface area contributed by atoms with Gasteiger partial charge in [0.25, 0.3) is 5.91 Å². The Hall–Kier alpha value is -2.93. The number of hydrogen-bond acceptors (Lipinski definition) is 4. The van der Waals surface area contributed by atoms with Gasteiger partial charge in [0.05, 0.1) is 23.7 Å². The lowest BCUT2D eigenvalue weighted by atomic mass is 10.2. The van der Waals surface area contributed by atoms with Crippen LogP contribution < -0.4 is 10.6 Å². The van der Waals surface area contributed by atoms with E-state index in [2.05, 4.69) is 20.8 Å². The number of aromatic nitrogens is 3. The molecule has 8 heteroatoms. The fourth-order valence-corrected chi connectivity index (χ4v) is 2.37. The topological polar surface area (TPSA) is 88.4 Å². The number of pyridine rings is 1. The third-order valence-electron chi connectivity index (χ3n) is 3.36. The Kier molecular flexibility index (Phi) is 4.72. The van der Waals surface area contributed by atoms with E-state index in [9.17, 15) is 9.59 Å². The number of hydrogen-bond donors (Lipinski definition) is 2. The predicted octanol–water partition coefficient (Wildman–Crippen LogP) is 1.43. The summed E-state index contributed by atoms with van der Waals surface area (Å²) in [5, 5.41) is 13.6. The van der Waals surface area contributed by atoms with Gasteiger partial charge in [-0.05, 0) is 24.3 Å². The smallest absolute Gasteiger partial charge is 0.253 e. The Morgan fingerprint density at radius 2 is 1.83 bits per heavy atom. The highest BCUT2D eigenvalue weighted by Gasteiger charge is 2.11. The van der Waals surface area contributed by atoms with Crippen LogP contribution in [0.1, 0.15) is 16.2 Å². The van der Waals surface area contributed by atoms with Gasteiger partial charge in [-0.3, -0.25) is 14.0 Å². The lowest BCUT2D eigenvalue weighted by molar-refractivity contribution is -0.120. The molecule has 2 aromatic heterocycles. The first-order valence-corrected chi connectivity index (χ1v) is 7.61. The lowest BCUT2D eigenvalue weighted by Gasteiger charge is -2.07. The minimum absolute atomic E-state index is 0.152. The van der Waals surface area contributed by atoms with Crippen LogP contribution in [0.15, 0.2) is 48.7 Å². The van der Waals surface area contributed by atoms with E-state index in [1.54, 1.807) is 28.7 Å². The highest BCUT2D eigenvalue weighted by molar-refractivity contribution is 6.33. The van der Waals surface area contributed by atoms with Crippen LogP contribution >= 0.6 is 11.6 Å². The maximum absolute atomic E-state index is 12.0. The van der Waals surface area contributed by atoms with Crippen LogP contribution in [0.3, 0.4) is 0 Å². The summed E-state index contributed by atoms with van der Waals surface area (Å²) in [6.07, 6.45) is 1.82. The second-order valence-electron chi connectivity index (χ2n) is 4.98. The second kappa shape index (κ2) is 7.10. The van der Waals surface area contributed by atoms with Crippen molar-refractivity contribution < 1.29 is 9.59 Å². The molecule has 0 unspecified atom stereocenters. The van der Waals surface area contributed by atoms with Crippen LogP contribution in [0.25, 0.3) is 5.65 Å². The largest absolute Gasteiger partial charge is 0.347 e. The van der Waals surface area contributed by atoms with Crippen LogP contribution in [0.2, 0.25) is 5.02 Å². The number of amides is 2. The number of halogens is 1. The molecule has 2 heterocycles. The summed E-state index contributed by atoms with van der Waals surface area (Å²) in [6, 6.07) is 12.2. The quantitative estimate of drug-likeness (QED) is 0.733. The van der Waals surface area contributed by atoms with E-state index in [0.29, 0.717) is 22.1 Å². The van der Waals surface area contributed by atoms with Gasteiger partial charge in [0.1, 0.15) is 0 Å². The molecule has 0 aliphatic rings. The highest BCUT2D eigenvalue weighted by atomic mass is 35.5. The van der Waals surface area contributed by atoms with E-state index in [0.717, 1.165) is 0 Å². The van der Waals surface area contributed by atoms with Crippen molar-refractivity contribution in [3.8, 4) is 0 Å². The van der Waals surface area contributed by atoms with Crippen molar-refractivity contribution in [2.75, 3.05) is 6.54 Å². The van der Waals surface area contributed by atoms with Gasteiger partial charge in [0, 0.05) is 6.20 Å². The zero-order valence-corrected chi connectivity index (χ0v) is 13.3. The first-order valence-electron chi connectivity index (χ1n) is 7.23. The fraction of sp³-hybridized carbons (Fsp3) is 0.125. The van der Waals surface area contributed by atoms with Crippen molar-refractivity contribution in [2.45, 2.75) is 6.54 Å². The molecule has 0 saturated heterocycles. The van der Waals surface area contributed by atoms with Gasteiger partial charge >= 0.3 is 0 Å². The number of rotatable bonds is 5. The van der Waals surface area contributed by atoms with Crippen LogP contribution in [0, 0.1) is 0 Å². The van der Waals surface area contributed by atoms with Gasteiger partial charge in [-0.25, -0.2) is 0 Å². The van der Waals surface area contributed by atoms with Crippen molar-refractivity contribution in [1.29, 1.82) is 0 Å². The van der Waals surface area contributed by atoms with Gasteiger partial charge < -0.3 is 10.6 Å². The molecule has 0 saturated carbocycles. The molecule has 3 rings (SSSR count). The molecule has 0 fully saturated rings. The number of nitrogens with one attached hydrogen (secondary N) is 2. The van der Waals surface area contributed by atoms with Crippen molar-refractivity contribution in [1.82, 2.24) is 25.2 Å². The van der Waals surface area contributed by atoms with Crippen molar-refractivity contribution in [2.24, 2.45) is 0 Å². The minimum atomic E-state index is -0.399. The average molecular weight is 344 g/mol. The van der Waals surface area contributed by atoms with E-state index in [1.807, 2.05) is 24.4 Å². The maximum Gasteiger partial charge on any atom is 0.253 e. The molecule has 122 valence electrons. The molecular weight excluding hydrogens is 330 g/mol. The number of fused-ring (bicyclic) bond motifs is 1. The number of carbonyl (C=O) groups is 2. The molecule has 7 nitrogen and oxygen atoms in total. The summed E-state index contributed by atoms with van der Waals surface area (Å²) in [4.78, 5) is 23.9. The third-order valence-corrected chi connectivity index (χ3v) is 3.69. The van der Waals surface area contributed by atoms with Crippen LogP contribution in [0.5, 0.6) is 0 Å². The molecule has 2 N–H and O–H groups in total. The Morgan fingerprint density at radius 3 is 2.67 bits per heavy atom. The molecule has 0 aliphatic carbocycles. The lowest BCUT2D eigenvalue weighted by Crippen LogP contribution is -2.37. The predicted molar refractivity (Wildman–Crippen MR) is 88.6 cm³/mol. The number of carbonyl (C=O) groups excluding carboxylic acids is 2. The average Bonchev–Trinajstić information content (AvgIpc) is 3.01. The molecule has 0 spiro atoms. The van der Waals surface area contributed by atoms with E-state index < -0.39 is 5.91 Å². The first kappa shape index (κ1) is 15.9. The summed E-state index contributed by atoms with van der Waals surface area (Å²) in [7, 11) is 0.